The number of carbonyl (C=O) groups is 1. The molecule has 25 heavy (non-hydrogen) atoms. The average Bonchev–Trinajstić information content (AvgIpc) is 2.64. The molecule has 1 amide bonds. The second-order valence-electron chi connectivity index (χ2n) is 7.20. The number of methoxy groups -OCH3 is 1. The third-order valence-electron chi connectivity index (χ3n) is 4.69. The molecule has 0 saturated carbocycles. The molecule has 0 aromatic heterocycles. The SMILES string of the molecule is CNCCC1CCN(C(=O)c2ccc(OCC(C)C)c(OC)c2)CC1. The number of likely N-dealkylation sites (tertiary alicyclic amines) is 1. The molecular formula is C20H32N2O3. The molecule has 1 aromatic rings. The van der Waals surface area contributed by atoms with Crippen LogP contribution in [0.4, 0.5) is 0 Å². The molecule has 0 bridgehead atoms. The summed E-state index contributed by atoms with van der Waals surface area (Å²) in [4.78, 5) is 14.7. The van der Waals surface area contributed by atoms with Crippen LogP contribution in [0, 0.1) is 11.8 Å². The summed E-state index contributed by atoms with van der Waals surface area (Å²) in [6.07, 6.45) is 3.36. The van der Waals surface area contributed by atoms with Crippen molar-refractivity contribution in [2.45, 2.75) is 33.1 Å². The molecule has 5 nitrogen and oxygen atoms in total. The number of hydrogen-bond acceptors (Lipinski definition) is 4. The van der Waals surface area contributed by atoms with Gasteiger partial charge >= 0.3 is 0 Å². The van der Waals surface area contributed by atoms with Crippen molar-refractivity contribution in [3.05, 3.63) is 23.8 Å². The molecule has 140 valence electrons. The number of piperidine rings is 1. The summed E-state index contributed by atoms with van der Waals surface area (Å²) >= 11 is 0. The van der Waals surface area contributed by atoms with Gasteiger partial charge in [0.15, 0.2) is 11.5 Å². The van der Waals surface area contributed by atoms with Crippen molar-refractivity contribution in [2.24, 2.45) is 11.8 Å². The van der Waals surface area contributed by atoms with Gasteiger partial charge in [0.2, 0.25) is 0 Å². The minimum absolute atomic E-state index is 0.0841. The maximum atomic E-state index is 12.8. The number of carbonyl (C=O) groups excluding carboxylic acids is 1. The molecule has 2 rings (SSSR count). The largest absolute Gasteiger partial charge is 0.493 e. The number of ether oxygens (including phenoxy) is 2. The van der Waals surface area contributed by atoms with E-state index in [1.54, 1.807) is 13.2 Å². The Morgan fingerprint density at radius 1 is 1.28 bits per heavy atom. The molecule has 1 aromatic carbocycles. The van der Waals surface area contributed by atoms with Crippen LogP contribution in [0.1, 0.15) is 43.5 Å². The van der Waals surface area contributed by atoms with Gasteiger partial charge < -0.3 is 19.7 Å². The summed E-state index contributed by atoms with van der Waals surface area (Å²) < 4.78 is 11.2. The van der Waals surface area contributed by atoms with Gasteiger partial charge in [-0.2, -0.15) is 0 Å². The highest BCUT2D eigenvalue weighted by Crippen LogP contribution is 2.30. The van der Waals surface area contributed by atoms with Crippen molar-refractivity contribution >= 4 is 5.91 Å². The Balaban J connectivity index is 1.97. The number of rotatable bonds is 8. The molecule has 0 aliphatic carbocycles. The Bertz CT molecular complexity index is 552. The van der Waals surface area contributed by atoms with Gasteiger partial charge in [0.25, 0.3) is 5.91 Å². The number of nitrogens with zero attached hydrogens (tertiary/aromatic N) is 1. The zero-order chi connectivity index (χ0) is 18.2. The topological polar surface area (TPSA) is 50.8 Å². The maximum Gasteiger partial charge on any atom is 0.253 e. The molecule has 1 saturated heterocycles. The van der Waals surface area contributed by atoms with Crippen molar-refractivity contribution in [3.63, 3.8) is 0 Å². The average molecular weight is 348 g/mol. The van der Waals surface area contributed by atoms with Gasteiger partial charge in [-0.1, -0.05) is 13.8 Å². The number of nitrogens with one attached hydrogen (secondary N) is 1. The van der Waals surface area contributed by atoms with Gasteiger partial charge in [0.1, 0.15) is 0 Å². The van der Waals surface area contributed by atoms with Crippen molar-refractivity contribution in [1.29, 1.82) is 0 Å². The molecule has 0 unspecified atom stereocenters. The number of hydrogen-bond donors (Lipinski definition) is 1. The van der Waals surface area contributed by atoms with E-state index in [-0.39, 0.29) is 5.91 Å². The fourth-order valence-corrected chi connectivity index (χ4v) is 3.13. The van der Waals surface area contributed by atoms with Gasteiger partial charge in [0, 0.05) is 18.7 Å². The zero-order valence-electron chi connectivity index (χ0n) is 16.0. The van der Waals surface area contributed by atoms with Gasteiger partial charge in [-0.3, -0.25) is 4.79 Å². The lowest BCUT2D eigenvalue weighted by atomic mass is 9.93. The molecule has 1 aliphatic rings. The van der Waals surface area contributed by atoms with E-state index in [9.17, 15) is 4.79 Å². The first kappa shape index (κ1) is 19.6. The number of amides is 1. The second-order valence-corrected chi connectivity index (χ2v) is 7.20. The highest BCUT2D eigenvalue weighted by molar-refractivity contribution is 5.95. The van der Waals surface area contributed by atoms with Crippen LogP contribution >= 0.6 is 0 Å². The molecule has 0 radical (unpaired) electrons. The van der Waals surface area contributed by atoms with Crippen molar-refractivity contribution in [2.75, 3.05) is 40.4 Å². The van der Waals surface area contributed by atoms with Gasteiger partial charge in [-0.05, 0) is 62.9 Å². The van der Waals surface area contributed by atoms with Gasteiger partial charge in [-0.25, -0.2) is 0 Å². The van der Waals surface area contributed by atoms with Crippen LogP contribution in [0.5, 0.6) is 11.5 Å². The Morgan fingerprint density at radius 2 is 2.00 bits per heavy atom. The monoisotopic (exact) mass is 348 g/mol. The first-order valence-electron chi connectivity index (χ1n) is 9.29. The van der Waals surface area contributed by atoms with E-state index >= 15 is 0 Å². The minimum atomic E-state index is 0.0841. The van der Waals surface area contributed by atoms with E-state index < -0.39 is 0 Å². The fourth-order valence-electron chi connectivity index (χ4n) is 3.13. The lowest BCUT2D eigenvalue weighted by Crippen LogP contribution is -2.39. The first-order valence-corrected chi connectivity index (χ1v) is 9.29. The number of benzene rings is 1. The standard InChI is InChI=1S/C20H32N2O3/c1-15(2)14-25-18-6-5-17(13-19(18)24-4)20(23)22-11-8-16(9-12-22)7-10-21-3/h5-6,13,15-16,21H,7-12,14H2,1-4H3. The van der Waals surface area contributed by atoms with Crippen LogP contribution in [0.3, 0.4) is 0 Å². The van der Waals surface area contributed by atoms with Crippen molar-refractivity contribution in [3.8, 4) is 11.5 Å². The van der Waals surface area contributed by atoms with Crippen molar-refractivity contribution < 1.29 is 14.3 Å². The zero-order valence-corrected chi connectivity index (χ0v) is 16.0. The van der Waals surface area contributed by atoms with E-state index in [0.29, 0.717) is 29.6 Å². The lowest BCUT2D eigenvalue weighted by molar-refractivity contribution is 0.0686. The Hall–Kier alpha value is -1.75. The van der Waals surface area contributed by atoms with Crippen LogP contribution in [-0.4, -0.2) is 51.2 Å². The summed E-state index contributed by atoms with van der Waals surface area (Å²) in [7, 11) is 3.60. The Morgan fingerprint density at radius 3 is 2.60 bits per heavy atom. The smallest absolute Gasteiger partial charge is 0.253 e. The minimum Gasteiger partial charge on any atom is -0.493 e. The molecule has 0 spiro atoms. The first-order chi connectivity index (χ1) is 12.0. The molecule has 1 aliphatic heterocycles. The van der Waals surface area contributed by atoms with Crippen LogP contribution in [0.2, 0.25) is 0 Å². The van der Waals surface area contributed by atoms with E-state index in [0.717, 1.165) is 38.4 Å². The molecular weight excluding hydrogens is 316 g/mol. The Kier molecular flexibility index (Phi) is 7.56. The van der Waals surface area contributed by atoms with E-state index in [4.69, 9.17) is 9.47 Å². The third kappa shape index (κ3) is 5.63. The van der Waals surface area contributed by atoms with Crippen LogP contribution in [0.25, 0.3) is 0 Å². The third-order valence-corrected chi connectivity index (χ3v) is 4.69. The van der Waals surface area contributed by atoms with E-state index in [2.05, 4.69) is 19.2 Å². The lowest BCUT2D eigenvalue weighted by Gasteiger charge is -2.32. The molecule has 1 heterocycles. The molecule has 0 atom stereocenters. The van der Waals surface area contributed by atoms with Gasteiger partial charge in [-0.15, -0.1) is 0 Å². The predicted octanol–water partition coefficient (Wildman–Crippen LogP) is 3.19. The summed E-state index contributed by atoms with van der Waals surface area (Å²) in [5, 5.41) is 3.20. The normalized spacial score (nSPS) is 15.5. The summed E-state index contributed by atoms with van der Waals surface area (Å²) in [5.41, 5.74) is 0.669. The summed E-state index contributed by atoms with van der Waals surface area (Å²) in [6.45, 7) is 7.55. The van der Waals surface area contributed by atoms with Crippen LogP contribution in [-0.2, 0) is 0 Å². The Labute approximate surface area is 151 Å². The summed E-state index contributed by atoms with van der Waals surface area (Å²) in [6, 6.07) is 5.48. The van der Waals surface area contributed by atoms with Crippen molar-refractivity contribution in [1.82, 2.24) is 10.2 Å². The molecule has 1 N–H and O–H groups in total. The quantitative estimate of drug-likeness (QED) is 0.784. The van der Waals surface area contributed by atoms with Crippen LogP contribution < -0.4 is 14.8 Å². The highest BCUT2D eigenvalue weighted by atomic mass is 16.5. The maximum absolute atomic E-state index is 12.8. The van der Waals surface area contributed by atoms with E-state index in [1.807, 2.05) is 24.1 Å². The van der Waals surface area contributed by atoms with Crippen LogP contribution in [0.15, 0.2) is 18.2 Å². The predicted molar refractivity (Wildman–Crippen MR) is 100 cm³/mol. The molecule has 1 fully saturated rings. The molecule has 5 heteroatoms. The van der Waals surface area contributed by atoms with E-state index in [1.165, 1.54) is 6.42 Å². The highest BCUT2D eigenvalue weighted by Gasteiger charge is 2.24. The fraction of sp³-hybridized carbons (Fsp3) is 0.650. The summed E-state index contributed by atoms with van der Waals surface area (Å²) in [5.74, 6) is 2.56. The second kappa shape index (κ2) is 9.66. The van der Waals surface area contributed by atoms with Gasteiger partial charge in [0.05, 0.1) is 13.7 Å².